The lowest BCUT2D eigenvalue weighted by molar-refractivity contribution is 0.161. The minimum atomic E-state index is -0.289. The summed E-state index contributed by atoms with van der Waals surface area (Å²) in [6.07, 6.45) is 0.543. The second-order valence-corrected chi connectivity index (χ2v) is 5.25. The normalized spacial score (nSPS) is 24.5. The van der Waals surface area contributed by atoms with Crippen molar-refractivity contribution in [2.75, 3.05) is 0 Å². The van der Waals surface area contributed by atoms with Crippen LogP contribution in [-0.2, 0) is 5.41 Å². The third kappa shape index (κ3) is 1.42. The summed E-state index contributed by atoms with van der Waals surface area (Å²) < 4.78 is 1.04. The first-order chi connectivity index (χ1) is 6.00. The Kier molecular flexibility index (Phi) is 2.00. The second-order valence-electron chi connectivity index (χ2n) is 4.34. The molecule has 70 valence electrons. The minimum Gasteiger partial charge on any atom is -0.388 e. The van der Waals surface area contributed by atoms with E-state index in [1.807, 2.05) is 12.1 Å². The monoisotopic (exact) mass is 240 g/mol. The van der Waals surface area contributed by atoms with E-state index in [-0.39, 0.29) is 11.5 Å². The van der Waals surface area contributed by atoms with E-state index in [1.54, 1.807) is 0 Å². The van der Waals surface area contributed by atoms with Crippen molar-refractivity contribution in [2.45, 2.75) is 31.8 Å². The van der Waals surface area contributed by atoms with E-state index in [1.165, 1.54) is 5.56 Å². The number of aliphatic hydroxyl groups excluding tert-OH is 1. The average Bonchev–Trinajstić information content (AvgIpc) is 2.22. The van der Waals surface area contributed by atoms with Crippen LogP contribution in [0.1, 0.15) is 37.5 Å². The minimum absolute atomic E-state index is 0.120. The number of aliphatic hydroxyl groups is 1. The highest BCUT2D eigenvalue weighted by Gasteiger charge is 2.35. The molecule has 2 rings (SSSR count). The van der Waals surface area contributed by atoms with Gasteiger partial charge in [0.1, 0.15) is 0 Å². The highest BCUT2D eigenvalue weighted by atomic mass is 79.9. The van der Waals surface area contributed by atoms with E-state index in [9.17, 15) is 5.11 Å². The highest BCUT2D eigenvalue weighted by Crippen LogP contribution is 2.45. The van der Waals surface area contributed by atoms with Gasteiger partial charge in [-0.1, -0.05) is 35.8 Å². The molecule has 0 unspecified atom stereocenters. The van der Waals surface area contributed by atoms with Gasteiger partial charge in [-0.2, -0.15) is 0 Å². The SMILES string of the molecule is CC1(C)C[C@@H](O)c2cc(Br)ccc21. The lowest BCUT2D eigenvalue weighted by Gasteiger charge is -2.18. The molecular formula is C11H13BrO. The van der Waals surface area contributed by atoms with E-state index in [0.717, 1.165) is 16.5 Å². The molecule has 1 nitrogen and oxygen atoms in total. The first-order valence-corrected chi connectivity index (χ1v) is 5.28. The maximum Gasteiger partial charge on any atom is 0.0801 e. The van der Waals surface area contributed by atoms with Crippen LogP contribution in [0.4, 0.5) is 0 Å². The van der Waals surface area contributed by atoms with Crippen LogP contribution in [0.15, 0.2) is 22.7 Å². The van der Waals surface area contributed by atoms with Gasteiger partial charge in [0, 0.05) is 4.47 Å². The Morgan fingerprint density at radius 3 is 2.85 bits per heavy atom. The summed E-state index contributed by atoms with van der Waals surface area (Å²) in [5.41, 5.74) is 2.48. The standard InChI is InChI=1S/C11H13BrO/c1-11(2)6-10(13)8-5-7(12)3-4-9(8)11/h3-5,10,13H,6H2,1-2H3/t10-/m1/s1. The molecule has 1 aliphatic carbocycles. The molecule has 0 spiro atoms. The second kappa shape index (κ2) is 2.82. The molecule has 0 bridgehead atoms. The van der Waals surface area contributed by atoms with Gasteiger partial charge in [0.25, 0.3) is 0 Å². The lowest BCUT2D eigenvalue weighted by atomic mass is 9.87. The zero-order valence-corrected chi connectivity index (χ0v) is 9.43. The Bertz CT molecular complexity index is 344. The van der Waals surface area contributed by atoms with Crippen molar-refractivity contribution < 1.29 is 5.11 Å². The van der Waals surface area contributed by atoms with E-state index in [4.69, 9.17) is 0 Å². The van der Waals surface area contributed by atoms with Gasteiger partial charge >= 0.3 is 0 Å². The smallest absolute Gasteiger partial charge is 0.0801 e. The van der Waals surface area contributed by atoms with Gasteiger partial charge in [-0.05, 0) is 35.1 Å². The van der Waals surface area contributed by atoms with Crippen LogP contribution in [0.25, 0.3) is 0 Å². The van der Waals surface area contributed by atoms with Crippen molar-refractivity contribution in [1.29, 1.82) is 0 Å². The summed E-state index contributed by atoms with van der Waals surface area (Å²) >= 11 is 3.42. The third-order valence-electron chi connectivity index (χ3n) is 2.81. The maximum atomic E-state index is 9.82. The van der Waals surface area contributed by atoms with E-state index in [2.05, 4.69) is 35.8 Å². The first-order valence-electron chi connectivity index (χ1n) is 4.49. The van der Waals surface area contributed by atoms with Gasteiger partial charge in [0.15, 0.2) is 0 Å². The van der Waals surface area contributed by atoms with Crippen LogP contribution in [0, 0.1) is 0 Å². The zero-order valence-electron chi connectivity index (χ0n) is 7.84. The van der Waals surface area contributed by atoms with Gasteiger partial charge < -0.3 is 5.11 Å². The summed E-state index contributed by atoms with van der Waals surface area (Å²) in [5, 5.41) is 9.82. The molecular weight excluding hydrogens is 228 g/mol. The highest BCUT2D eigenvalue weighted by molar-refractivity contribution is 9.10. The van der Waals surface area contributed by atoms with Crippen molar-refractivity contribution in [3.8, 4) is 0 Å². The molecule has 0 saturated carbocycles. The number of hydrogen-bond acceptors (Lipinski definition) is 1. The Hall–Kier alpha value is -0.340. The molecule has 1 atom stereocenters. The zero-order chi connectivity index (χ0) is 9.64. The number of benzene rings is 1. The Balaban J connectivity index is 2.59. The fourth-order valence-electron chi connectivity index (χ4n) is 2.13. The van der Waals surface area contributed by atoms with Crippen molar-refractivity contribution in [2.24, 2.45) is 0 Å². The molecule has 1 N–H and O–H groups in total. The van der Waals surface area contributed by atoms with Crippen LogP contribution >= 0.6 is 15.9 Å². The van der Waals surface area contributed by atoms with Crippen LogP contribution in [0.5, 0.6) is 0 Å². The van der Waals surface area contributed by atoms with E-state index < -0.39 is 0 Å². The molecule has 0 heterocycles. The van der Waals surface area contributed by atoms with Gasteiger partial charge in [-0.15, -0.1) is 0 Å². The quantitative estimate of drug-likeness (QED) is 0.739. The fraction of sp³-hybridized carbons (Fsp3) is 0.455. The van der Waals surface area contributed by atoms with Gasteiger partial charge in [-0.25, -0.2) is 0 Å². The van der Waals surface area contributed by atoms with Crippen LogP contribution < -0.4 is 0 Å². The van der Waals surface area contributed by atoms with Crippen LogP contribution in [-0.4, -0.2) is 5.11 Å². The van der Waals surface area contributed by atoms with Crippen LogP contribution in [0.2, 0.25) is 0 Å². The molecule has 1 aromatic carbocycles. The predicted molar refractivity (Wildman–Crippen MR) is 56.7 cm³/mol. The number of hydrogen-bond donors (Lipinski definition) is 1. The largest absolute Gasteiger partial charge is 0.388 e. The first kappa shape index (κ1) is 9.22. The van der Waals surface area contributed by atoms with Crippen molar-refractivity contribution in [3.05, 3.63) is 33.8 Å². The summed E-state index contributed by atoms with van der Waals surface area (Å²) in [4.78, 5) is 0. The molecule has 1 aliphatic rings. The van der Waals surface area contributed by atoms with Crippen molar-refractivity contribution >= 4 is 15.9 Å². The molecule has 13 heavy (non-hydrogen) atoms. The summed E-state index contributed by atoms with van der Waals surface area (Å²) in [5.74, 6) is 0. The average molecular weight is 241 g/mol. The molecule has 0 radical (unpaired) electrons. The summed E-state index contributed by atoms with van der Waals surface area (Å²) in [6.45, 7) is 4.35. The van der Waals surface area contributed by atoms with E-state index >= 15 is 0 Å². The molecule has 0 aliphatic heterocycles. The van der Waals surface area contributed by atoms with Crippen molar-refractivity contribution in [1.82, 2.24) is 0 Å². The molecule has 0 fully saturated rings. The molecule has 2 heteroatoms. The Morgan fingerprint density at radius 2 is 2.15 bits per heavy atom. The molecule has 1 aromatic rings. The van der Waals surface area contributed by atoms with Gasteiger partial charge in [0.05, 0.1) is 6.10 Å². The summed E-state index contributed by atoms with van der Waals surface area (Å²) in [7, 11) is 0. The number of rotatable bonds is 0. The topological polar surface area (TPSA) is 20.2 Å². The Morgan fingerprint density at radius 1 is 1.46 bits per heavy atom. The fourth-order valence-corrected chi connectivity index (χ4v) is 2.51. The Labute approximate surface area is 86.9 Å². The van der Waals surface area contributed by atoms with Gasteiger partial charge in [0.2, 0.25) is 0 Å². The van der Waals surface area contributed by atoms with Crippen molar-refractivity contribution in [3.63, 3.8) is 0 Å². The van der Waals surface area contributed by atoms with Gasteiger partial charge in [-0.3, -0.25) is 0 Å². The predicted octanol–water partition coefficient (Wildman–Crippen LogP) is 3.16. The maximum absolute atomic E-state index is 9.82. The number of halogens is 1. The molecule has 0 saturated heterocycles. The lowest BCUT2D eigenvalue weighted by Crippen LogP contribution is -2.12. The molecule has 0 aromatic heterocycles. The van der Waals surface area contributed by atoms with E-state index in [0.29, 0.717) is 0 Å². The molecule has 0 amide bonds. The summed E-state index contributed by atoms with van der Waals surface area (Å²) in [6, 6.07) is 6.17. The number of fused-ring (bicyclic) bond motifs is 1. The third-order valence-corrected chi connectivity index (χ3v) is 3.30. The van der Waals surface area contributed by atoms with Crippen LogP contribution in [0.3, 0.4) is 0 Å².